The fourth-order valence-electron chi connectivity index (χ4n) is 4.07. The molecule has 160 valence electrons. The Labute approximate surface area is 178 Å². The van der Waals surface area contributed by atoms with Crippen molar-refractivity contribution in [3.8, 4) is 0 Å². The Morgan fingerprint density at radius 3 is 2.31 bits per heavy atom. The molecule has 1 heterocycles. The zero-order chi connectivity index (χ0) is 21.8. The standard InChI is InChI=1S/C23H37BO4Si/c1-21(2,3)15-20(25)29(8,9)26-19-14-13-16-17(19)11-10-12-18(16)24-27-22(4,5)23(6,7)28-24/h10-12,19H,13-15H2,1-9H3. The van der Waals surface area contributed by atoms with E-state index in [4.69, 9.17) is 13.7 Å². The summed E-state index contributed by atoms with van der Waals surface area (Å²) in [5, 5.41) is 0.292. The minimum Gasteiger partial charge on any atom is -0.403 e. The minimum atomic E-state index is -2.45. The average Bonchev–Trinajstić information content (AvgIpc) is 3.03. The van der Waals surface area contributed by atoms with Crippen molar-refractivity contribution >= 4 is 26.3 Å². The van der Waals surface area contributed by atoms with E-state index in [-0.39, 0.29) is 29.8 Å². The van der Waals surface area contributed by atoms with Gasteiger partial charge in [-0.2, -0.15) is 0 Å². The van der Waals surface area contributed by atoms with Crippen LogP contribution < -0.4 is 5.46 Å². The third kappa shape index (κ3) is 4.55. The van der Waals surface area contributed by atoms with Gasteiger partial charge in [0.15, 0.2) is 0 Å². The first kappa shape index (κ1) is 22.7. The molecular weight excluding hydrogens is 379 g/mol. The molecule has 0 N–H and O–H groups in total. The molecule has 0 saturated carbocycles. The maximum atomic E-state index is 12.9. The van der Waals surface area contributed by atoms with Crippen LogP contribution in [0.4, 0.5) is 0 Å². The summed E-state index contributed by atoms with van der Waals surface area (Å²) in [4.78, 5) is 12.9. The minimum absolute atomic E-state index is 0.0117. The van der Waals surface area contributed by atoms with Gasteiger partial charge in [-0.1, -0.05) is 39.0 Å². The SMILES string of the molecule is CC(C)(C)CC(=O)[Si](C)(C)OC1CCc2c(B3OC(C)(C)C(C)(C)O3)cccc21. The maximum absolute atomic E-state index is 12.9. The number of hydrogen-bond donors (Lipinski definition) is 0. The van der Waals surface area contributed by atoms with Gasteiger partial charge < -0.3 is 18.5 Å². The first-order chi connectivity index (χ1) is 13.1. The van der Waals surface area contributed by atoms with E-state index < -0.39 is 8.32 Å². The molecular formula is C23H37BO4Si. The van der Waals surface area contributed by atoms with Gasteiger partial charge in [-0.3, -0.25) is 0 Å². The van der Waals surface area contributed by atoms with Crippen molar-refractivity contribution in [2.24, 2.45) is 5.41 Å². The van der Waals surface area contributed by atoms with Gasteiger partial charge >= 0.3 is 7.12 Å². The molecule has 29 heavy (non-hydrogen) atoms. The Morgan fingerprint density at radius 1 is 1.17 bits per heavy atom. The third-order valence-electron chi connectivity index (χ3n) is 6.56. The predicted molar refractivity (Wildman–Crippen MR) is 121 cm³/mol. The van der Waals surface area contributed by atoms with E-state index in [2.05, 4.69) is 66.7 Å². The lowest BCUT2D eigenvalue weighted by molar-refractivity contribution is -0.115. The van der Waals surface area contributed by atoms with Crippen LogP contribution in [0.5, 0.6) is 0 Å². The second-order valence-electron chi connectivity index (χ2n) is 11.3. The van der Waals surface area contributed by atoms with Crippen LogP contribution in [0.2, 0.25) is 13.1 Å². The van der Waals surface area contributed by atoms with Crippen LogP contribution in [0.1, 0.15) is 78.5 Å². The number of rotatable bonds is 5. The van der Waals surface area contributed by atoms with Crippen LogP contribution in [0.3, 0.4) is 0 Å². The molecule has 1 fully saturated rings. The van der Waals surface area contributed by atoms with E-state index in [1.165, 1.54) is 11.1 Å². The number of benzene rings is 1. The predicted octanol–water partition coefficient (Wildman–Crippen LogP) is 4.74. The summed E-state index contributed by atoms with van der Waals surface area (Å²) < 4.78 is 19.1. The van der Waals surface area contributed by atoms with Crippen molar-refractivity contribution in [2.75, 3.05) is 0 Å². The Morgan fingerprint density at radius 2 is 1.76 bits per heavy atom. The molecule has 6 heteroatoms. The second kappa shape index (κ2) is 7.33. The van der Waals surface area contributed by atoms with Crippen LogP contribution in [-0.2, 0) is 25.0 Å². The van der Waals surface area contributed by atoms with Crippen molar-refractivity contribution < 1.29 is 18.5 Å². The summed E-state index contributed by atoms with van der Waals surface area (Å²) in [7, 11) is -2.81. The summed E-state index contributed by atoms with van der Waals surface area (Å²) in [6, 6.07) is 6.31. The molecule has 0 bridgehead atoms. The van der Waals surface area contributed by atoms with E-state index in [9.17, 15) is 4.79 Å². The molecule has 0 radical (unpaired) electrons. The molecule has 3 rings (SSSR count). The summed E-state index contributed by atoms with van der Waals surface area (Å²) >= 11 is 0. The van der Waals surface area contributed by atoms with Gasteiger partial charge in [0.2, 0.25) is 0 Å². The molecule has 0 spiro atoms. The van der Waals surface area contributed by atoms with Crippen LogP contribution in [0, 0.1) is 5.41 Å². The van der Waals surface area contributed by atoms with Crippen molar-refractivity contribution in [1.82, 2.24) is 0 Å². The molecule has 0 aromatic heterocycles. The third-order valence-corrected chi connectivity index (χ3v) is 8.95. The summed E-state index contributed by atoms with van der Waals surface area (Å²) in [5.74, 6) is 0. The van der Waals surface area contributed by atoms with E-state index in [1.807, 2.05) is 13.1 Å². The van der Waals surface area contributed by atoms with Gasteiger partial charge in [0.25, 0.3) is 8.32 Å². The van der Waals surface area contributed by atoms with Gasteiger partial charge in [0.1, 0.15) is 5.41 Å². The van der Waals surface area contributed by atoms with Crippen LogP contribution in [-0.4, -0.2) is 32.0 Å². The van der Waals surface area contributed by atoms with E-state index in [0.29, 0.717) is 11.8 Å². The monoisotopic (exact) mass is 416 g/mol. The summed E-state index contributed by atoms with van der Waals surface area (Å²) in [5.41, 5.74) is 2.84. The molecule has 0 amide bonds. The fraction of sp³-hybridized carbons (Fsp3) is 0.696. The molecule has 1 atom stereocenters. The highest BCUT2D eigenvalue weighted by molar-refractivity contribution is 6.99. The Balaban J connectivity index is 1.81. The van der Waals surface area contributed by atoms with Gasteiger partial charge in [0.05, 0.1) is 17.3 Å². The largest absolute Gasteiger partial charge is 0.495 e. The fourth-order valence-corrected chi connectivity index (χ4v) is 6.12. The first-order valence-corrected chi connectivity index (χ1v) is 13.7. The van der Waals surface area contributed by atoms with E-state index in [1.54, 1.807) is 0 Å². The average molecular weight is 416 g/mol. The number of fused-ring (bicyclic) bond motifs is 1. The number of carbonyl (C=O) groups excluding carboxylic acids is 1. The van der Waals surface area contributed by atoms with Gasteiger partial charge in [0, 0.05) is 6.42 Å². The zero-order valence-corrected chi connectivity index (χ0v) is 20.6. The number of carbonyl (C=O) groups is 1. The highest BCUT2D eigenvalue weighted by atomic mass is 28.4. The van der Waals surface area contributed by atoms with Crippen LogP contribution >= 0.6 is 0 Å². The van der Waals surface area contributed by atoms with Crippen molar-refractivity contribution in [3.63, 3.8) is 0 Å². The highest BCUT2D eigenvalue weighted by Crippen LogP contribution is 2.40. The summed E-state index contributed by atoms with van der Waals surface area (Å²) in [6.45, 7) is 18.7. The molecule has 1 aliphatic heterocycles. The highest BCUT2D eigenvalue weighted by Gasteiger charge is 2.52. The smallest absolute Gasteiger partial charge is 0.403 e. The molecule has 1 unspecified atom stereocenters. The van der Waals surface area contributed by atoms with Gasteiger partial charge in [-0.05, 0) is 75.6 Å². The number of hydrogen-bond acceptors (Lipinski definition) is 4. The molecule has 1 aromatic carbocycles. The lowest BCUT2D eigenvalue weighted by Gasteiger charge is -2.32. The van der Waals surface area contributed by atoms with Crippen molar-refractivity contribution in [1.29, 1.82) is 0 Å². The second-order valence-corrected chi connectivity index (χ2v) is 15.1. The maximum Gasteiger partial charge on any atom is 0.495 e. The molecule has 1 aliphatic carbocycles. The lowest BCUT2D eigenvalue weighted by Crippen LogP contribution is -2.43. The molecule has 2 aliphatic rings. The van der Waals surface area contributed by atoms with E-state index in [0.717, 1.165) is 18.3 Å². The Kier molecular flexibility index (Phi) is 5.74. The topological polar surface area (TPSA) is 44.8 Å². The normalized spacial score (nSPS) is 23.3. The molecule has 4 nitrogen and oxygen atoms in total. The lowest BCUT2D eigenvalue weighted by atomic mass is 9.75. The van der Waals surface area contributed by atoms with Gasteiger partial charge in [-0.15, -0.1) is 0 Å². The van der Waals surface area contributed by atoms with E-state index >= 15 is 0 Å². The summed E-state index contributed by atoms with van der Waals surface area (Å²) in [6.07, 6.45) is 2.39. The van der Waals surface area contributed by atoms with Crippen molar-refractivity contribution in [3.05, 3.63) is 29.3 Å². The Bertz CT molecular complexity index is 779. The van der Waals surface area contributed by atoms with Crippen molar-refractivity contribution in [2.45, 2.75) is 98.1 Å². The van der Waals surface area contributed by atoms with Gasteiger partial charge in [-0.25, -0.2) is 0 Å². The van der Waals surface area contributed by atoms with Crippen LogP contribution in [0.25, 0.3) is 0 Å². The Hall–Kier alpha value is -0.948. The van der Waals surface area contributed by atoms with Crippen LogP contribution in [0.15, 0.2) is 18.2 Å². The zero-order valence-electron chi connectivity index (χ0n) is 19.6. The quantitative estimate of drug-likeness (QED) is 0.651. The first-order valence-electron chi connectivity index (χ1n) is 10.8. The molecule has 1 aromatic rings. The molecule has 1 saturated heterocycles.